The molecule has 136 valence electrons. The van der Waals surface area contributed by atoms with Crippen molar-refractivity contribution in [3.63, 3.8) is 0 Å². The van der Waals surface area contributed by atoms with Crippen LogP contribution in [0.25, 0.3) is 0 Å². The van der Waals surface area contributed by atoms with Crippen molar-refractivity contribution in [2.45, 2.75) is 13.0 Å². The second-order valence-electron chi connectivity index (χ2n) is 5.58. The average molecular weight is 382 g/mol. The normalized spacial score (nSPS) is 11.3. The second kappa shape index (κ2) is 9.48. The molecular weight excluding hydrogens is 358 g/mol. The predicted molar refractivity (Wildman–Crippen MR) is 106 cm³/mol. The van der Waals surface area contributed by atoms with Crippen molar-refractivity contribution < 1.29 is 4.74 Å². The monoisotopic (exact) mass is 381 g/mol. The van der Waals surface area contributed by atoms with E-state index in [9.17, 15) is 0 Å². The summed E-state index contributed by atoms with van der Waals surface area (Å²) in [5.74, 6) is 1.50. The first-order valence-electron chi connectivity index (χ1n) is 7.92. The summed E-state index contributed by atoms with van der Waals surface area (Å²) in [6, 6.07) is 5.73. The molecule has 2 rings (SSSR count). The van der Waals surface area contributed by atoms with Crippen LogP contribution in [0.1, 0.15) is 11.3 Å². The molecule has 0 radical (unpaired) electrons. The van der Waals surface area contributed by atoms with Crippen LogP contribution < -0.4 is 20.3 Å². The topological polar surface area (TPSA) is 61.8 Å². The fourth-order valence-electron chi connectivity index (χ4n) is 2.15. The van der Waals surface area contributed by atoms with Crippen LogP contribution in [0.2, 0.25) is 5.02 Å². The molecule has 0 fully saturated rings. The maximum absolute atomic E-state index is 6.26. The third kappa shape index (κ3) is 5.79. The van der Waals surface area contributed by atoms with Crippen LogP contribution in [-0.2, 0) is 13.0 Å². The Labute approximate surface area is 157 Å². The first-order valence-corrected chi connectivity index (χ1v) is 9.18. The van der Waals surface area contributed by atoms with E-state index in [1.807, 2.05) is 42.6 Å². The van der Waals surface area contributed by atoms with Crippen molar-refractivity contribution in [2.75, 3.05) is 39.7 Å². The number of methoxy groups -OCH3 is 1. The summed E-state index contributed by atoms with van der Waals surface area (Å²) in [4.78, 5) is 10.8. The number of benzene rings is 1. The van der Waals surface area contributed by atoms with Crippen LogP contribution in [0.5, 0.6) is 5.75 Å². The molecule has 1 aromatic carbocycles. The highest BCUT2D eigenvalue weighted by Gasteiger charge is 2.06. The number of rotatable bonds is 7. The maximum atomic E-state index is 6.26. The zero-order valence-corrected chi connectivity index (χ0v) is 16.5. The Bertz CT molecular complexity index is 717. The van der Waals surface area contributed by atoms with E-state index in [1.54, 1.807) is 25.5 Å². The van der Waals surface area contributed by atoms with Crippen molar-refractivity contribution in [3.05, 3.63) is 39.9 Å². The number of thiazole rings is 1. The second-order valence-corrected chi connectivity index (χ2v) is 6.82. The molecule has 0 bridgehead atoms. The van der Waals surface area contributed by atoms with E-state index >= 15 is 0 Å². The number of ether oxygens (including phenoxy) is 1. The summed E-state index contributed by atoms with van der Waals surface area (Å²) in [6.45, 7) is 1.36. The number of nitrogens with zero attached hydrogens (tertiary/aromatic N) is 3. The molecule has 0 atom stereocenters. The highest BCUT2D eigenvalue weighted by Crippen LogP contribution is 2.22. The lowest BCUT2D eigenvalue weighted by Gasteiger charge is -2.12. The van der Waals surface area contributed by atoms with E-state index < -0.39 is 0 Å². The van der Waals surface area contributed by atoms with Crippen molar-refractivity contribution >= 4 is 34.0 Å². The van der Waals surface area contributed by atoms with E-state index in [0.717, 1.165) is 41.1 Å². The van der Waals surface area contributed by atoms with Crippen molar-refractivity contribution in [2.24, 2.45) is 4.99 Å². The average Bonchev–Trinajstić information content (AvgIpc) is 3.08. The number of nitrogens with one attached hydrogen (secondary N) is 2. The fraction of sp³-hybridized carbons (Fsp3) is 0.412. The summed E-state index contributed by atoms with van der Waals surface area (Å²) in [5.41, 5.74) is 2.07. The van der Waals surface area contributed by atoms with Crippen LogP contribution in [0.15, 0.2) is 28.6 Å². The van der Waals surface area contributed by atoms with E-state index in [-0.39, 0.29) is 0 Å². The Morgan fingerprint density at radius 1 is 1.36 bits per heavy atom. The molecule has 2 aromatic rings. The van der Waals surface area contributed by atoms with Gasteiger partial charge in [-0.2, -0.15) is 0 Å². The van der Waals surface area contributed by atoms with Crippen molar-refractivity contribution in [3.8, 4) is 5.75 Å². The van der Waals surface area contributed by atoms with Crippen LogP contribution in [-0.4, -0.2) is 45.7 Å². The molecule has 0 amide bonds. The number of hydrogen-bond acceptors (Lipinski definition) is 5. The standard InChI is InChI=1S/C17H24ClN5OS/c1-19-16(21-10-13-11-25-17(22-13)23(2)3)20-8-7-12-5-6-14(24-4)9-15(12)18/h5-6,9,11H,7-8,10H2,1-4H3,(H2,19,20,21). The molecule has 6 nitrogen and oxygen atoms in total. The van der Waals surface area contributed by atoms with Gasteiger partial charge in [-0.3, -0.25) is 4.99 Å². The highest BCUT2D eigenvalue weighted by molar-refractivity contribution is 7.13. The third-order valence-electron chi connectivity index (χ3n) is 3.53. The van der Waals surface area contributed by atoms with Crippen LogP contribution in [0.4, 0.5) is 5.13 Å². The van der Waals surface area contributed by atoms with Crippen LogP contribution in [0, 0.1) is 0 Å². The Morgan fingerprint density at radius 3 is 2.76 bits per heavy atom. The number of hydrogen-bond donors (Lipinski definition) is 2. The van der Waals surface area contributed by atoms with Crippen LogP contribution >= 0.6 is 22.9 Å². The van der Waals surface area contributed by atoms with Gasteiger partial charge in [-0.05, 0) is 24.1 Å². The zero-order chi connectivity index (χ0) is 18.2. The Balaban J connectivity index is 1.80. The molecule has 8 heteroatoms. The lowest BCUT2D eigenvalue weighted by Crippen LogP contribution is -2.38. The Kier molecular flexibility index (Phi) is 7.33. The minimum Gasteiger partial charge on any atom is -0.497 e. The zero-order valence-electron chi connectivity index (χ0n) is 15.0. The largest absolute Gasteiger partial charge is 0.497 e. The summed E-state index contributed by atoms with van der Waals surface area (Å²) >= 11 is 7.89. The molecule has 0 unspecified atom stereocenters. The number of anilines is 1. The minimum atomic E-state index is 0.632. The quantitative estimate of drug-likeness (QED) is 0.570. The Morgan fingerprint density at radius 2 is 2.16 bits per heavy atom. The number of halogens is 1. The smallest absolute Gasteiger partial charge is 0.191 e. The molecule has 0 aliphatic carbocycles. The van der Waals surface area contributed by atoms with E-state index in [2.05, 4.69) is 20.6 Å². The molecule has 1 heterocycles. The fourth-order valence-corrected chi connectivity index (χ4v) is 3.17. The molecule has 0 saturated carbocycles. The van der Waals surface area contributed by atoms with Gasteiger partial charge in [0.2, 0.25) is 0 Å². The molecular formula is C17H24ClN5OS. The molecule has 0 aliphatic heterocycles. The van der Waals surface area contributed by atoms with Gasteiger partial charge in [-0.15, -0.1) is 11.3 Å². The van der Waals surface area contributed by atoms with Crippen LogP contribution in [0.3, 0.4) is 0 Å². The molecule has 0 aliphatic rings. The SMILES string of the molecule is CN=C(NCCc1ccc(OC)cc1Cl)NCc1csc(N(C)C)n1. The first-order chi connectivity index (χ1) is 12.0. The van der Waals surface area contributed by atoms with Gasteiger partial charge in [0.05, 0.1) is 19.3 Å². The van der Waals surface area contributed by atoms with Gasteiger partial charge < -0.3 is 20.3 Å². The van der Waals surface area contributed by atoms with Gasteiger partial charge in [0, 0.05) is 38.1 Å². The maximum Gasteiger partial charge on any atom is 0.191 e. The van der Waals surface area contributed by atoms with E-state index in [1.165, 1.54) is 0 Å². The van der Waals surface area contributed by atoms with Crippen molar-refractivity contribution in [1.29, 1.82) is 0 Å². The number of aliphatic imine (C=N–C) groups is 1. The lowest BCUT2D eigenvalue weighted by atomic mass is 10.1. The number of guanidine groups is 1. The molecule has 1 aromatic heterocycles. The number of aromatic nitrogens is 1. The Hall–Kier alpha value is -1.99. The van der Waals surface area contributed by atoms with Gasteiger partial charge in [0.25, 0.3) is 0 Å². The summed E-state index contributed by atoms with van der Waals surface area (Å²) in [6.07, 6.45) is 0.797. The van der Waals surface area contributed by atoms with E-state index in [0.29, 0.717) is 11.6 Å². The van der Waals surface area contributed by atoms with E-state index in [4.69, 9.17) is 16.3 Å². The summed E-state index contributed by atoms with van der Waals surface area (Å²) in [7, 11) is 7.36. The third-order valence-corrected chi connectivity index (χ3v) is 4.94. The lowest BCUT2D eigenvalue weighted by molar-refractivity contribution is 0.414. The van der Waals surface area contributed by atoms with Gasteiger partial charge in [0.1, 0.15) is 5.75 Å². The summed E-state index contributed by atoms with van der Waals surface area (Å²) in [5, 5.41) is 10.3. The van der Waals surface area contributed by atoms with Gasteiger partial charge >= 0.3 is 0 Å². The summed E-state index contributed by atoms with van der Waals surface area (Å²) < 4.78 is 5.16. The highest BCUT2D eigenvalue weighted by atomic mass is 35.5. The van der Waals surface area contributed by atoms with Gasteiger partial charge in [0.15, 0.2) is 11.1 Å². The predicted octanol–water partition coefficient (Wildman–Crippen LogP) is 2.78. The molecule has 25 heavy (non-hydrogen) atoms. The van der Waals surface area contributed by atoms with Gasteiger partial charge in [-0.25, -0.2) is 4.98 Å². The van der Waals surface area contributed by atoms with Crippen molar-refractivity contribution in [1.82, 2.24) is 15.6 Å². The van der Waals surface area contributed by atoms with Gasteiger partial charge in [-0.1, -0.05) is 17.7 Å². The molecule has 0 spiro atoms. The first kappa shape index (κ1) is 19.3. The molecule has 2 N–H and O–H groups in total. The minimum absolute atomic E-state index is 0.632. The molecule has 0 saturated heterocycles.